The summed E-state index contributed by atoms with van der Waals surface area (Å²) < 4.78 is 5.52. The van der Waals surface area contributed by atoms with Crippen LogP contribution in [0.4, 0.5) is 5.69 Å². The molecule has 3 rings (SSSR count). The van der Waals surface area contributed by atoms with E-state index in [0.717, 1.165) is 12.2 Å². The van der Waals surface area contributed by atoms with Crippen LogP contribution in [-0.4, -0.2) is 6.61 Å². The Kier molecular flexibility index (Phi) is 3.86. The van der Waals surface area contributed by atoms with E-state index in [1.54, 1.807) is 0 Å². The average molecular weight is 295 g/mol. The highest BCUT2D eigenvalue weighted by Crippen LogP contribution is 2.37. The van der Waals surface area contributed by atoms with Gasteiger partial charge in [0.2, 0.25) is 0 Å². The molecule has 22 heavy (non-hydrogen) atoms. The van der Waals surface area contributed by atoms with E-state index in [0.29, 0.717) is 12.6 Å². The molecule has 2 aromatic carbocycles. The molecule has 116 valence electrons. The number of benzene rings is 2. The first-order chi connectivity index (χ1) is 10.5. The van der Waals surface area contributed by atoms with Gasteiger partial charge in [-0.2, -0.15) is 0 Å². The molecule has 0 aromatic heterocycles. The molecule has 0 amide bonds. The van der Waals surface area contributed by atoms with Crippen molar-refractivity contribution in [1.82, 2.24) is 0 Å². The second kappa shape index (κ2) is 5.68. The minimum absolute atomic E-state index is 0.201. The highest BCUT2D eigenvalue weighted by Gasteiger charge is 2.24. The second-order valence-corrected chi connectivity index (χ2v) is 7.03. The van der Waals surface area contributed by atoms with E-state index >= 15 is 0 Å². The average Bonchev–Trinajstić information content (AvgIpc) is 2.90. The van der Waals surface area contributed by atoms with Gasteiger partial charge in [-0.05, 0) is 53.6 Å². The number of rotatable bonds is 3. The lowest BCUT2D eigenvalue weighted by atomic mass is 9.85. The maximum absolute atomic E-state index is 5.52. The first-order valence-electron chi connectivity index (χ1n) is 8.10. The number of fused-ring (bicyclic) bond motifs is 1. The van der Waals surface area contributed by atoms with E-state index < -0.39 is 0 Å². The molecule has 2 nitrogen and oxygen atoms in total. The zero-order valence-corrected chi connectivity index (χ0v) is 13.9. The summed E-state index contributed by atoms with van der Waals surface area (Å²) >= 11 is 0. The molecule has 1 aliphatic rings. The van der Waals surface area contributed by atoms with Gasteiger partial charge in [0.15, 0.2) is 0 Å². The van der Waals surface area contributed by atoms with Crippen LogP contribution < -0.4 is 10.1 Å². The van der Waals surface area contributed by atoms with Gasteiger partial charge < -0.3 is 10.1 Å². The molecule has 1 N–H and O–H groups in total. The topological polar surface area (TPSA) is 21.3 Å². The van der Waals surface area contributed by atoms with Gasteiger partial charge in [0, 0.05) is 5.69 Å². The van der Waals surface area contributed by atoms with E-state index in [1.807, 2.05) is 6.92 Å². The third-order valence-electron chi connectivity index (χ3n) is 4.32. The lowest BCUT2D eigenvalue weighted by Gasteiger charge is -2.19. The van der Waals surface area contributed by atoms with Crippen molar-refractivity contribution in [3.05, 3.63) is 59.2 Å². The van der Waals surface area contributed by atoms with Crippen molar-refractivity contribution in [3.63, 3.8) is 0 Å². The van der Waals surface area contributed by atoms with Crippen LogP contribution in [0.15, 0.2) is 42.5 Å². The fraction of sp³-hybridized carbons (Fsp3) is 0.400. The summed E-state index contributed by atoms with van der Waals surface area (Å²) in [5.74, 6) is 0.941. The molecule has 0 saturated carbocycles. The zero-order valence-electron chi connectivity index (χ0n) is 13.9. The molecule has 0 bridgehead atoms. The Labute approximate surface area is 133 Å². The molecule has 1 aliphatic heterocycles. The van der Waals surface area contributed by atoms with Crippen molar-refractivity contribution in [3.8, 4) is 5.75 Å². The molecular formula is C20H25NO. The predicted octanol–water partition coefficient (Wildman–Crippen LogP) is 5.09. The second-order valence-electron chi connectivity index (χ2n) is 7.03. The molecule has 0 aliphatic carbocycles. The summed E-state index contributed by atoms with van der Waals surface area (Å²) in [6.07, 6.45) is 1.05. The quantitative estimate of drug-likeness (QED) is 0.851. The molecule has 2 heteroatoms. The van der Waals surface area contributed by atoms with Crippen molar-refractivity contribution in [1.29, 1.82) is 0 Å². The monoisotopic (exact) mass is 295 g/mol. The Balaban J connectivity index is 1.79. The van der Waals surface area contributed by atoms with E-state index in [4.69, 9.17) is 4.74 Å². The Morgan fingerprint density at radius 3 is 2.45 bits per heavy atom. The van der Waals surface area contributed by atoms with Crippen molar-refractivity contribution < 1.29 is 4.74 Å². The fourth-order valence-electron chi connectivity index (χ4n) is 2.99. The van der Waals surface area contributed by atoms with E-state index in [-0.39, 0.29) is 5.41 Å². The minimum Gasteiger partial charge on any atom is -0.494 e. The molecular weight excluding hydrogens is 270 g/mol. The van der Waals surface area contributed by atoms with Crippen LogP contribution in [0.5, 0.6) is 5.75 Å². The molecule has 0 saturated heterocycles. The summed E-state index contributed by atoms with van der Waals surface area (Å²) in [5, 5.41) is 3.64. The molecule has 0 spiro atoms. The van der Waals surface area contributed by atoms with Crippen LogP contribution in [0.2, 0.25) is 0 Å². The largest absolute Gasteiger partial charge is 0.494 e. The van der Waals surface area contributed by atoms with Gasteiger partial charge in [0.1, 0.15) is 5.75 Å². The van der Waals surface area contributed by atoms with E-state index in [9.17, 15) is 0 Å². The molecule has 1 heterocycles. The lowest BCUT2D eigenvalue weighted by Crippen LogP contribution is -2.10. The van der Waals surface area contributed by atoms with Gasteiger partial charge in [-0.25, -0.2) is 0 Å². The molecule has 2 aromatic rings. The number of nitrogens with one attached hydrogen (secondary N) is 1. The first-order valence-corrected chi connectivity index (χ1v) is 8.10. The van der Waals surface area contributed by atoms with Crippen LogP contribution in [0.3, 0.4) is 0 Å². The highest BCUT2D eigenvalue weighted by atomic mass is 16.5. The summed E-state index contributed by atoms with van der Waals surface area (Å²) in [6, 6.07) is 15.6. The van der Waals surface area contributed by atoms with Gasteiger partial charge in [-0.3, -0.25) is 0 Å². The minimum atomic E-state index is 0.201. The molecule has 1 atom stereocenters. The summed E-state index contributed by atoms with van der Waals surface area (Å²) in [5.41, 5.74) is 5.61. The van der Waals surface area contributed by atoms with Crippen molar-refractivity contribution in [2.24, 2.45) is 0 Å². The Bertz CT molecular complexity index is 652. The third kappa shape index (κ3) is 2.96. The van der Waals surface area contributed by atoms with Crippen molar-refractivity contribution >= 4 is 5.69 Å². The van der Waals surface area contributed by atoms with Gasteiger partial charge in [0.25, 0.3) is 0 Å². The number of ether oxygens (including phenoxy) is 1. The third-order valence-corrected chi connectivity index (χ3v) is 4.32. The van der Waals surface area contributed by atoms with Crippen LogP contribution in [0, 0.1) is 0 Å². The normalized spacial score (nSPS) is 17.0. The van der Waals surface area contributed by atoms with Gasteiger partial charge in [-0.15, -0.1) is 0 Å². The van der Waals surface area contributed by atoms with Crippen molar-refractivity contribution in [2.75, 3.05) is 11.9 Å². The molecule has 1 unspecified atom stereocenters. The predicted molar refractivity (Wildman–Crippen MR) is 92.8 cm³/mol. The Hall–Kier alpha value is -1.96. The SMILES string of the molecule is CCOc1ccc(C2Cc3cc(C(C)(C)C)ccc3N2)cc1. The van der Waals surface area contributed by atoms with E-state index in [1.165, 1.54) is 22.4 Å². The highest BCUT2D eigenvalue weighted by molar-refractivity contribution is 5.60. The molecule has 0 fully saturated rings. The Morgan fingerprint density at radius 2 is 1.82 bits per heavy atom. The summed E-state index contributed by atoms with van der Waals surface area (Å²) in [6.45, 7) is 9.51. The van der Waals surface area contributed by atoms with Crippen LogP contribution in [0.1, 0.15) is 50.4 Å². The van der Waals surface area contributed by atoms with Crippen LogP contribution in [0.25, 0.3) is 0 Å². The summed E-state index contributed by atoms with van der Waals surface area (Å²) in [4.78, 5) is 0. The van der Waals surface area contributed by atoms with E-state index in [2.05, 4.69) is 68.6 Å². The Morgan fingerprint density at radius 1 is 1.09 bits per heavy atom. The van der Waals surface area contributed by atoms with Crippen LogP contribution in [-0.2, 0) is 11.8 Å². The van der Waals surface area contributed by atoms with Crippen LogP contribution >= 0.6 is 0 Å². The fourth-order valence-corrected chi connectivity index (χ4v) is 2.99. The lowest BCUT2D eigenvalue weighted by molar-refractivity contribution is 0.340. The maximum atomic E-state index is 5.52. The number of anilines is 1. The standard InChI is InChI=1S/C20H25NO/c1-5-22-17-9-6-14(7-10-17)19-13-15-12-16(20(2,3)4)8-11-18(15)21-19/h6-12,19,21H,5,13H2,1-4H3. The van der Waals surface area contributed by atoms with Crippen molar-refractivity contribution in [2.45, 2.75) is 45.6 Å². The zero-order chi connectivity index (χ0) is 15.7. The van der Waals surface area contributed by atoms with Gasteiger partial charge in [-0.1, -0.05) is 45.0 Å². The van der Waals surface area contributed by atoms with Gasteiger partial charge >= 0.3 is 0 Å². The smallest absolute Gasteiger partial charge is 0.119 e. The number of hydrogen-bond donors (Lipinski definition) is 1. The summed E-state index contributed by atoms with van der Waals surface area (Å²) in [7, 11) is 0. The molecule has 0 radical (unpaired) electrons. The maximum Gasteiger partial charge on any atom is 0.119 e. The first kappa shape index (κ1) is 15.0. The van der Waals surface area contributed by atoms with Gasteiger partial charge in [0.05, 0.1) is 12.6 Å². The number of hydrogen-bond acceptors (Lipinski definition) is 2.